The zero-order valence-electron chi connectivity index (χ0n) is 27.9. The van der Waals surface area contributed by atoms with Gasteiger partial charge in [-0.05, 0) is 102 Å². The van der Waals surface area contributed by atoms with E-state index in [-0.39, 0.29) is 5.41 Å². The van der Waals surface area contributed by atoms with Crippen LogP contribution < -0.4 is 9.64 Å². The molecule has 0 aromatic heterocycles. The van der Waals surface area contributed by atoms with E-state index in [2.05, 4.69) is 122 Å². The van der Waals surface area contributed by atoms with Gasteiger partial charge in [-0.25, -0.2) is 0 Å². The van der Waals surface area contributed by atoms with E-state index in [1.807, 2.05) is 23.5 Å². The van der Waals surface area contributed by atoms with Crippen LogP contribution in [0.2, 0.25) is 0 Å². The molecule has 2 aliphatic carbocycles. The smallest absolute Gasteiger partial charge is 0.174 e. The van der Waals surface area contributed by atoms with E-state index in [9.17, 15) is 0 Å². The van der Waals surface area contributed by atoms with Gasteiger partial charge in [-0.2, -0.15) is 0 Å². The first kappa shape index (κ1) is 30.9. The van der Waals surface area contributed by atoms with E-state index < -0.39 is 5.60 Å². The van der Waals surface area contributed by atoms with Gasteiger partial charge in [0.25, 0.3) is 0 Å². The highest BCUT2D eigenvalue weighted by Crippen LogP contribution is 2.61. The summed E-state index contributed by atoms with van der Waals surface area (Å²) in [6.07, 6.45) is 20.0. The van der Waals surface area contributed by atoms with Crippen LogP contribution in [-0.4, -0.2) is 38.8 Å². The lowest BCUT2D eigenvalue weighted by atomic mass is 9.71. The Labute approximate surface area is 288 Å². The van der Waals surface area contributed by atoms with Crippen LogP contribution in [0.3, 0.4) is 0 Å². The Bertz CT molecular complexity index is 1950. The van der Waals surface area contributed by atoms with Crippen LogP contribution in [0.4, 0.5) is 5.69 Å². The SMILES string of the molecule is CCC1(CC)c2ccccc2-c2c1c1c(c3cc(SC)c(SC)cc23)OC(C2=CC=CCC2)(c2ccc(N3CCOCC3)cc2)C=C1. The number of thioether (sulfide) groups is 2. The summed E-state index contributed by atoms with van der Waals surface area (Å²) < 4.78 is 13.3. The molecule has 8 rings (SSSR count). The molecule has 0 amide bonds. The van der Waals surface area contributed by atoms with E-state index in [1.165, 1.54) is 65.2 Å². The minimum absolute atomic E-state index is 0.0672. The van der Waals surface area contributed by atoms with Gasteiger partial charge in [-0.1, -0.05) is 74.5 Å². The Hall–Kier alpha value is -3.38. The molecule has 1 atom stereocenters. The molecule has 1 saturated heterocycles. The molecule has 47 heavy (non-hydrogen) atoms. The lowest BCUT2D eigenvalue weighted by Crippen LogP contribution is -2.37. The van der Waals surface area contributed by atoms with Crippen LogP contribution in [0.25, 0.3) is 28.0 Å². The number of rotatable bonds is 7. The maximum absolute atomic E-state index is 7.68. The maximum Gasteiger partial charge on any atom is 0.174 e. The first-order chi connectivity index (χ1) is 23.1. The van der Waals surface area contributed by atoms with Gasteiger partial charge >= 0.3 is 0 Å². The monoisotopic (exact) mass is 657 g/mol. The third-order valence-electron chi connectivity index (χ3n) is 11.1. The fraction of sp³-hybridized carbons (Fsp3) is 0.333. The Kier molecular flexibility index (Phi) is 8.06. The highest BCUT2D eigenvalue weighted by molar-refractivity contribution is 8.01. The van der Waals surface area contributed by atoms with Crippen LogP contribution in [0.5, 0.6) is 5.75 Å². The summed E-state index contributed by atoms with van der Waals surface area (Å²) in [4.78, 5) is 5.05. The summed E-state index contributed by atoms with van der Waals surface area (Å²) in [6.45, 7) is 8.14. The van der Waals surface area contributed by atoms with Gasteiger partial charge in [0.2, 0.25) is 0 Å². The Morgan fingerprint density at radius 1 is 0.872 bits per heavy atom. The van der Waals surface area contributed by atoms with Crippen LogP contribution in [0, 0.1) is 0 Å². The molecular formula is C42H43NO2S2. The van der Waals surface area contributed by atoms with E-state index >= 15 is 0 Å². The predicted octanol–water partition coefficient (Wildman–Crippen LogP) is 10.8. The second-order valence-electron chi connectivity index (χ2n) is 13.1. The van der Waals surface area contributed by atoms with Crippen molar-refractivity contribution in [1.29, 1.82) is 0 Å². The molecule has 0 spiro atoms. The highest BCUT2D eigenvalue weighted by Gasteiger charge is 2.47. The number of nitrogens with zero attached hydrogens (tertiary/aromatic N) is 1. The van der Waals surface area contributed by atoms with Crippen molar-refractivity contribution < 1.29 is 9.47 Å². The molecule has 4 aromatic carbocycles. The van der Waals surface area contributed by atoms with E-state index in [1.54, 1.807) is 0 Å². The third-order valence-corrected chi connectivity index (χ3v) is 12.8. The first-order valence-electron chi connectivity index (χ1n) is 17.1. The van der Waals surface area contributed by atoms with Gasteiger partial charge in [0.15, 0.2) is 5.60 Å². The number of hydrogen-bond donors (Lipinski definition) is 0. The zero-order valence-corrected chi connectivity index (χ0v) is 29.5. The lowest BCUT2D eigenvalue weighted by molar-refractivity contribution is 0.122. The summed E-state index contributed by atoms with van der Waals surface area (Å²) in [5.74, 6) is 1.02. The van der Waals surface area contributed by atoms with Crippen LogP contribution in [0.15, 0.2) is 100 Å². The zero-order chi connectivity index (χ0) is 32.2. The van der Waals surface area contributed by atoms with Gasteiger partial charge in [-0.15, -0.1) is 23.5 Å². The summed E-state index contributed by atoms with van der Waals surface area (Å²) in [7, 11) is 0. The average Bonchev–Trinajstić information content (AvgIpc) is 3.45. The van der Waals surface area contributed by atoms with Crippen molar-refractivity contribution in [2.75, 3.05) is 43.7 Å². The summed E-state index contributed by atoms with van der Waals surface area (Å²) >= 11 is 3.66. The number of anilines is 1. The van der Waals surface area contributed by atoms with Crippen molar-refractivity contribution in [3.8, 4) is 16.9 Å². The average molecular weight is 658 g/mol. The molecule has 0 N–H and O–H groups in total. The molecule has 3 nitrogen and oxygen atoms in total. The quantitative estimate of drug-likeness (QED) is 0.184. The number of fused-ring (bicyclic) bond motifs is 8. The minimum Gasteiger partial charge on any atom is -0.473 e. The van der Waals surface area contributed by atoms with Gasteiger partial charge < -0.3 is 14.4 Å². The van der Waals surface area contributed by atoms with E-state index in [0.29, 0.717) is 0 Å². The largest absolute Gasteiger partial charge is 0.473 e. The lowest BCUT2D eigenvalue weighted by Gasteiger charge is -2.41. The fourth-order valence-corrected chi connectivity index (χ4v) is 10.1. The number of morpholine rings is 1. The topological polar surface area (TPSA) is 21.7 Å². The van der Waals surface area contributed by atoms with Crippen LogP contribution >= 0.6 is 23.5 Å². The molecule has 4 aromatic rings. The molecule has 2 aliphatic heterocycles. The second kappa shape index (κ2) is 12.3. The summed E-state index contributed by atoms with van der Waals surface area (Å²) in [5.41, 5.74) is 9.91. The maximum atomic E-state index is 7.68. The van der Waals surface area contributed by atoms with Crippen molar-refractivity contribution in [2.24, 2.45) is 0 Å². The van der Waals surface area contributed by atoms with Crippen molar-refractivity contribution in [3.05, 3.63) is 113 Å². The standard InChI is InChI=1S/C42H43NO2S2/c1-5-41(6-2)35-15-11-10-14-31(35)38-33-26-36(46-3)37(47-4)27-34(33)40-32(39(38)41)20-21-42(45-40,28-12-8-7-9-13-28)29-16-18-30(19-17-29)43-22-24-44-25-23-43/h7-8,10-12,14-21,26-27H,5-6,9,13,22-25H2,1-4H3. The Balaban J connectivity index is 1.40. The third kappa shape index (κ3) is 4.68. The fourth-order valence-electron chi connectivity index (χ4n) is 8.65. The molecule has 0 radical (unpaired) electrons. The number of hydrogen-bond acceptors (Lipinski definition) is 5. The van der Waals surface area contributed by atoms with E-state index in [0.717, 1.165) is 57.7 Å². The minimum atomic E-state index is -0.688. The van der Waals surface area contributed by atoms with E-state index in [4.69, 9.17) is 9.47 Å². The summed E-state index contributed by atoms with van der Waals surface area (Å²) in [5, 5.41) is 2.52. The van der Waals surface area contributed by atoms with Crippen molar-refractivity contribution >= 4 is 46.1 Å². The normalized spacial score (nSPS) is 20.9. The highest BCUT2D eigenvalue weighted by atomic mass is 32.2. The molecule has 4 aliphatic rings. The molecule has 2 heterocycles. The molecule has 5 heteroatoms. The summed E-state index contributed by atoms with van der Waals surface area (Å²) in [6, 6.07) is 23.2. The first-order valence-corrected chi connectivity index (χ1v) is 19.6. The van der Waals surface area contributed by atoms with Gasteiger partial charge in [0.05, 0.1) is 13.2 Å². The molecule has 240 valence electrons. The van der Waals surface area contributed by atoms with Crippen molar-refractivity contribution in [2.45, 2.75) is 60.3 Å². The number of allylic oxidation sites excluding steroid dienone is 3. The van der Waals surface area contributed by atoms with Crippen molar-refractivity contribution in [1.82, 2.24) is 0 Å². The number of benzene rings is 4. The molecule has 1 fully saturated rings. The van der Waals surface area contributed by atoms with Gasteiger partial charge in [0, 0.05) is 50.5 Å². The van der Waals surface area contributed by atoms with Crippen LogP contribution in [-0.2, 0) is 15.8 Å². The Morgan fingerprint density at radius 2 is 1.60 bits per heavy atom. The molecule has 1 unspecified atom stereocenters. The molecular weight excluding hydrogens is 615 g/mol. The number of ether oxygens (including phenoxy) is 2. The predicted molar refractivity (Wildman–Crippen MR) is 202 cm³/mol. The Morgan fingerprint density at radius 3 is 2.28 bits per heavy atom. The second-order valence-corrected chi connectivity index (χ2v) is 14.8. The molecule has 0 saturated carbocycles. The molecule has 0 bridgehead atoms. The van der Waals surface area contributed by atoms with Gasteiger partial charge in [-0.3, -0.25) is 0 Å². The van der Waals surface area contributed by atoms with Crippen molar-refractivity contribution in [3.63, 3.8) is 0 Å². The van der Waals surface area contributed by atoms with Crippen LogP contribution in [0.1, 0.15) is 61.8 Å². The van der Waals surface area contributed by atoms with Gasteiger partial charge in [0.1, 0.15) is 5.75 Å².